The van der Waals surface area contributed by atoms with Gasteiger partial charge in [-0.25, -0.2) is 4.98 Å². The van der Waals surface area contributed by atoms with Gasteiger partial charge in [-0.3, -0.25) is 4.79 Å². The Morgan fingerprint density at radius 1 is 1.23 bits per heavy atom. The summed E-state index contributed by atoms with van der Waals surface area (Å²) in [4.78, 5) is 16.3. The van der Waals surface area contributed by atoms with Crippen LogP contribution < -0.4 is 15.5 Å². The number of nitrogens with zero attached hydrogens (tertiary/aromatic N) is 1. The van der Waals surface area contributed by atoms with Gasteiger partial charge in [-0.2, -0.15) is 0 Å². The fourth-order valence-electron chi connectivity index (χ4n) is 2.04. The molecule has 112 valence electrons. The quantitative estimate of drug-likeness (QED) is 0.885. The predicted molar refractivity (Wildman–Crippen MR) is 89.3 cm³/mol. The highest BCUT2D eigenvalue weighted by atomic mass is 16.5. The summed E-state index contributed by atoms with van der Waals surface area (Å²) in [6.45, 7) is 6.39. The van der Waals surface area contributed by atoms with Crippen LogP contribution in [0.2, 0.25) is 0 Å². The van der Waals surface area contributed by atoms with Gasteiger partial charge >= 0.3 is 0 Å². The van der Waals surface area contributed by atoms with E-state index in [0.29, 0.717) is 22.6 Å². The normalized spacial score (nSPS) is 11.1. The summed E-state index contributed by atoms with van der Waals surface area (Å²) >= 11 is 0. The van der Waals surface area contributed by atoms with E-state index < -0.39 is 0 Å². The van der Waals surface area contributed by atoms with E-state index in [9.17, 15) is 4.79 Å². The van der Waals surface area contributed by atoms with Gasteiger partial charge < -0.3 is 10.1 Å². The molecule has 22 heavy (non-hydrogen) atoms. The third-order valence-corrected chi connectivity index (χ3v) is 3.33. The van der Waals surface area contributed by atoms with Crippen molar-refractivity contribution in [3.05, 3.63) is 47.7 Å². The highest BCUT2D eigenvalue weighted by molar-refractivity contribution is 6.32. The lowest BCUT2D eigenvalue weighted by Crippen LogP contribution is -2.16. The van der Waals surface area contributed by atoms with Gasteiger partial charge in [0.1, 0.15) is 13.5 Å². The molecule has 0 fully saturated rings. The lowest BCUT2D eigenvalue weighted by Gasteiger charge is -2.19. The number of hydrogen-bond acceptors (Lipinski definition) is 3. The predicted octanol–water partition coefficient (Wildman–Crippen LogP) is 2.43. The Bertz CT molecular complexity index is 676. The molecule has 1 aromatic heterocycles. The second kappa shape index (κ2) is 6.22. The van der Waals surface area contributed by atoms with E-state index >= 15 is 0 Å². The molecule has 0 spiro atoms. The molecule has 2 rings (SSSR count). The first kappa shape index (κ1) is 16.1. The number of nitrogens with one attached hydrogen (secondary N) is 1. The Morgan fingerprint density at radius 3 is 2.41 bits per heavy atom. The van der Waals surface area contributed by atoms with Gasteiger partial charge in [0.2, 0.25) is 5.88 Å². The van der Waals surface area contributed by atoms with Crippen LogP contribution in [0.25, 0.3) is 0 Å². The first-order valence-corrected chi connectivity index (χ1v) is 7.02. The van der Waals surface area contributed by atoms with E-state index in [1.165, 1.54) is 18.9 Å². The van der Waals surface area contributed by atoms with Gasteiger partial charge in [0, 0.05) is 11.8 Å². The third kappa shape index (κ3) is 3.67. The molecule has 0 atom stereocenters. The maximum Gasteiger partial charge on any atom is 0.255 e. The van der Waals surface area contributed by atoms with Crippen molar-refractivity contribution in [2.45, 2.75) is 26.2 Å². The second-order valence-electron chi connectivity index (χ2n) is 6.11. The van der Waals surface area contributed by atoms with E-state index in [2.05, 4.69) is 31.1 Å². The summed E-state index contributed by atoms with van der Waals surface area (Å²) in [5.74, 6) is 0.0972. The molecule has 0 saturated carbocycles. The van der Waals surface area contributed by atoms with Crippen LogP contribution >= 0.6 is 0 Å². The summed E-state index contributed by atoms with van der Waals surface area (Å²) < 4.78 is 5.12. The van der Waals surface area contributed by atoms with Crippen molar-refractivity contribution in [2.24, 2.45) is 0 Å². The number of ether oxygens (including phenoxy) is 1. The molecular formula is C17H19BN2O2. The van der Waals surface area contributed by atoms with Crippen molar-refractivity contribution in [2.75, 3.05) is 12.4 Å². The topological polar surface area (TPSA) is 51.2 Å². The fourth-order valence-corrected chi connectivity index (χ4v) is 2.04. The first-order valence-electron chi connectivity index (χ1n) is 7.02. The van der Waals surface area contributed by atoms with Crippen LogP contribution in [0.5, 0.6) is 5.88 Å². The fraction of sp³-hybridized carbons (Fsp3) is 0.294. The number of pyridine rings is 1. The molecule has 0 unspecified atom stereocenters. The molecule has 0 aliphatic heterocycles. The molecule has 1 heterocycles. The zero-order chi connectivity index (χ0) is 16.3. The van der Waals surface area contributed by atoms with Crippen LogP contribution in [0.15, 0.2) is 36.5 Å². The van der Waals surface area contributed by atoms with Gasteiger partial charge in [0.15, 0.2) is 0 Å². The summed E-state index contributed by atoms with van der Waals surface area (Å²) in [5, 5.41) is 2.77. The largest absolute Gasteiger partial charge is 0.480 e. The lowest BCUT2D eigenvalue weighted by molar-refractivity contribution is 0.102. The van der Waals surface area contributed by atoms with Crippen LogP contribution in [-0.4, -0.2) is 25.8 Å². The Kier molecular flexibility index (Phi) is 4.55. The second-order valence-corrected chi connectivity index (χ2v) is 6.11. The molecule has 0 bridgehead atoms. The van der Waals surface area contributed by atoms with Crippen molar-refractivity contribution in [1.29, 1.82) is 0 Å². The Morgan fingerprint density at radius 2 is 1.86 bits per heavy atom. The molecule has 0 saturated heterocycles. The van der Waals surface area contributed by atoms with E-state index in [4.69, 9.17) is 12.6 Å². The summed E-state index contributed by atoms with van der Waals surface area (Å²) in [6.07, 6.45) is 1.48. The molecule has 5 heteroatoms. The van der Waals surface area contributed by atoms with E-state index in [1.807, 2.05) is 24.3 Å². The van der Waals surface area contributed by atoms with Crippen LogP contribution in [-0.2, 0) is 5.41 Å². The van der Waals surface area contributed by atoms with E-state index in [1.54, 1.807) is 6.07 Å². The molecule has 1 amide bonds. The van der Waals surface area contributed by atoms with Crippen molar-refractivity contribution in [3.63, 3.8) is 0 Å². The van der Waals surface area contributed by atoms with Crippen LogP contribution in [0.4, 0.5) is 5.69 Å². The SMILES string of the molecule is [B]c1cnc(OC)c(NC(=O)c2ccc(C(C)(C)C)cc2)c1. The maximum atomic E-state index is 12.3. The number of hydrogen-bond donors (Lipinski definition) is 1. The third-order valence-electron chi connectivity index (χ3n) is 3.33. The van der Waals surface area contributed by atoms with Gasteiger partial charge in [-0.15, -0.1) is 0 Å². The van der Waals surface area contributed by atoms with E-state index in [-0.39, 0.29) is 11.3 Å². The van der Waals surface area contributed by atoms with Gasteiger partial charge in [0.05, 0.1) is 7.11 Å². The van der Waals surface area contributed by atoms with E-state index in [0.717, 1.165) is 0 Å². The number of anilines is 1. The zero-order valence-electron chi connectivity index (χ0n) is 13.3. The summed E-state index contributed by atoms with van der Waals surface area (Å²) in [6, 6.07) is 9.16. The number of carbonyl (C=O) groups is 1. The molecule has 1 aromatic carbocycles. The maximum absolute atomic E-state index is 12.3. The number of carbonyl (C=O) groups excluding carboxylic acids is 1. The standard InChI is InChI=1S/C17H19BN2O2/c1-17(2,3)12-7-5-11(6-8-12)15(21)20-14-9-13(18)10-19-16(14)22-4/h5-10H,1-4H3,(H,20,21). The Hall–Kier alpha value is -2.30. The Balaban J connectivity index is 2.21. The minimum atomic E-state index is -0.230. The first-order chi connectivity index (χ1) is 10.3. The number of methoxy groups -OCH3 is 1. The summed E-state index contributed by atoms with van der Waals surface area (Å²) in [7, 11) is 7.19. The van der Waals surface area contributed by atoms with Crippen LogP contribution in [0.1, 0.15) is 36.7 Å². The molecule has 4 nitrogen and oxygen atoms in total. The van der Waals surface area contributed by atoms with Crippen LogP contribution in [0.3, 0.4) is 0 Å². The summed E-state index contributed by atoms with van der Waals surface area (Å²) in [5.41, 5.74) is 2.70. The monoisotopic (exact) mass is 294 g/mol. The molecular weight excluding hydrogens is 275 g/mol. The lowest BCUT2D eigenvalue weighted by atomic mass is 9.86. The average molecular weight is 294 g/mol. The number of amides is 1. The molecule has 0 aliphatic carbocycles. The number of rotatable bonds is 3. The van der Waals surface area contributed by atoms with Gasteiger partial charge in [-0.05, 0) is 29.2 Å². The minimum Gasteiger partial charge on any atom is -0.480 e. The van der Waals surface area contributed by atoms with Crippen molar-refractivity contribution in [1.82, 2.24) is 4.98 Å². The smallest absolute Gasteiger partial charge is 0.255 e. The van der Waals surface area contributed by atoms with Crippen molar-refractivity contribution < 1.29 is 9.53 Å². The minimum absolute atomic E-state index is 0.0516. The number of aromatic nitrogens is 1. The van der Waals surface area contributed by atoms with Crippen molar-refractivity contribution >= 4 is 24.9 Å². The molecule has 2 radical (unpaired) electrons. The van der Waals surface area contributed by atoms with Crippen molar-refractivity contribution in [3.8, 4) is 5.88 Å². The average Bonchev–Trinajstić information content (AvgIpc) is 2.46. The molecule has 0 aliphatic rings. The van der Waals surface area contributed by atoms with Gasteiger partial charge in [0.25, 0.3) is 5.91 Å². The highest BCUT2D eigenvalue weighted by Gasteiger charge is 2.15. The molecule has 2 aromatic rings. The highest BCUT2D eigenvalue weighted by Crippen LogP contribution is 2.23. The number of benzene rings is 1. The zero-order valence-corrected chi connectivity index (χ0v) is 13.3. The Labute approximate surface area is 132 Å². The molecule has 1 N–H and O–H groups in total. The van der Waals surface area contributed by atoms with Gasteiger partial charge in [-0.1, -0.05) is 38.4 Å². The van der Waals surface area contributed by atoms with Crippen LogP contribution in [0, 0.1) is 0 Å².